The minimum Gasteiger partial charge on any atom is -0.496 e. The van der Waals surface area contributed by atoms with Crippen molar-refractivity contribution < 1.29 is 36.6 Å². The number of methoxy groups -OCH3 is 1. The second-order valence-corrected chi connectivity index (χ2v) is 11.6. The molecule has 4 aromatic carbocycles. The number of rotatable bonds is 9. The van der Waals surface area contributed by atoms with E-state index in [4.69, 9.17) is 14.2 Å². The molecule has 0 saturated carbocycles. The zero-order valence-corrected chi connectivity index (χ0v) is 25.3. The molecule has 5 aromatic rings. The molecule has 1 aliphatic rings. The van der Waals surface area contributed by atoms with Crippen LogP contribution in [-0.2, 0) is 21.7 Å². The second-order valence-electron chi connectivity index (χ2n) is 11.6. The number of carbonyl (C=O) groups excluding carboxylic acids is 1. The van der Waals surface area contributed by atoms with Crippen molar-refractivity contribution in [2.75, 3.05) is 19.0 Å². The molecule has 2 atom stereocenters. The molecule has 7 nitrogen and oxygen atoms in total. The highest BCUT2D eigenvalue weighted by atomic mass is 19.4. The summed E-state index contributed by atoms with van der Waals surface area (Å²) in [5.41, 5.74) is -0.126. The molecule has 1 saturated heterocycles. The summed E-state index contributed by atoms with van der Waals surface area (Å²) >= 11 is 0. The van der Waals surface area contributed by atoms with E-state index < -0.39 is 42.1 Å². The molecule has 238 valence electrons. The monoisotopic (exact) mass is 633 g/mol. The van der Waals surface area contributed by atoms with E-state index in [1.807, 2.05) is 43.3 Å². The van der Waals surface area contributed by atoms with E-state index >= 15 is 0 Å². The third kappa shape index (κ3) is 5.78. The topological polar surface area (TPSA) is 74.6 Å². The zero-order valence-electron chi connectivity index (χ0n) is 25.3. The van der Waals surface area contributed by atoms with E-state index in [9.17, 15) is 22.4 Å². The van der Waals surface area contributed by atoms with Crippen LogP contribution in [0.15, 0.2) is 91.1 Å². The molecular weight excluding hydrogens is 602 g/mol. The first-order valence-electron chi connectivity index (χ1n) is 14.6. The van der Waals surface area contributed by atoms with Crippen molar-refractivity contribution in [3.63, 3.8) is 0 Å². The number of carbonyl (C=O) groups is 1. The van der Waals surface area contributed by atoms with Crippen LogP contribution in [0, 0.1) is 12.7 Å². The standard InChI is InChI=1S/C35H31F4N3O4/c1-22-14-29(40-21-34(35(37,38)39)20-33(2,46-34)28-17-25(36)12-13-31(28)44-3)27-18-41-42(30(27)15-22)26-11-7-10-24(16-26)32(43)45-19-23-8-5-4-6-9-23/h4-18,40H,19-21H2,1-3H3. The van der Waals surface area contributed by atoms with E-state index in [0.717, 1.165) is 17.2 Å². The lowest BCUT2D eigenvalue weighted by Crippen LogP contribution is -2.67. The van der Waals surface area contributed by atoms with Crippen molar-refractivity contribution in [2.45, 2.75) is 44.3 Å². The SMILES string of the molecule is COc1ccc(F)cc1C1(C)CC(CNc2cc(C)cc3c2cnn3-c2cccc(C(=O)OCc3ccccc3)c2)(C(F)(F)F)O1. The molecule has 1 aliphatic heterocycles. The maximum atomic E-state index is 14.5. The molecule has 0 spiro atoms. The van der Waals surface area contributed by atoms with Crippen molar-refractivity contribution in [2.24, 2.45) is 0 Å². The van der Waals surface area contributed by atoms with Gasteiger partial charge in [0.15, 0.2) is 5.60 Å². The molecule has 2 heterocycles. The third-order valence-electron chi connectivity index (χ3n) is 8.23. The number of nitrogens with one attached hydrogen (secondary N) is 1. The number of aromatic nitrogens is 2. The lowest BCUT2D eigenvalue weighted by Gasteiger charge is -2.55. The fraction of sp³-hybridized carbons (Fsp3) is 0.257. The first-order valence-corrected chi connectivity index (χ1v) is 14.6. The van der Waals surface area contributed by atoms with Crippen molar-refractivity contribution in [3.05, 3.63) is 119 Å². The molecule has 1 fully saturated rings. The first-order chi connectivity index (χ1) is 21.9. The molecule has 2 unspecified atom stereocenters. The summed E-state index contributed by atoms with van der Waals surface area (Å²) in [6, 6.07) is 23.4. The van der Waals surface area contributed by atoms with Gasteiger partial charge in [0.2, 0.25) is 0 Å². The minimum absolute atomic E-state index is 0.126. The quantitative estimate of drug-likeness (QED) is 0.132. The maximum Gasteiger partial charge on any atom is 0.419 e. The van der Waals surface area contributed by atoms with Gasteiger partial charge in [0, 0.05) is 23.1 Å². The molecule has 1 N–H and O–H groups in total. The van der Waals surface area contributed by atoms with Gasteiger partial charge in [0.05, 0.1) is 42.2 Å². The molecule has 6 rings (SSSR count). The molecule has 11 heteroatoms. The Morgan fingerprint density at radius 3 is 2.52 bits per heavy atom. The summed E-state index contributed by atoms with van der Waals surface area (Å²) in [6.07, 6.45) is -3.61. The number of fused-ring (bicyclic) bond motifs is 1. The van der Waals surface area contributed by atoms with Crippen LogP contribution in [-0.4, -0.2) is 41.2 Å². The Hall–Kier alpha value is -4.90. The van der Waals surface area contributed by atoms with Crippen LogP contribution >= 0.6 is 0 Å². The van der Waals surface area contributed by atoms with Crippen LogP contribution in [0.2, 0.25) is 0 Å². The van der Waals surface area contributed by atoms with Crippen LogP contribution in [0.25, 0.3) is 16.6 Å². The smallest absolute Gasteiger partial charge is 0.419 e. The Balaban J connectivity index is 1.24. The van der Waals surface area contributed by atoms with E-state index in [1.54, 1.807) is 41.2 Å². The van der Waals surface area contributed by atoms with E-state index in [-0.39, 0.29) is 17.9 Å². The molecule has 0 radical (unpaired) electrons. The highest BCUT2D eigenvalue weighted by Crippen LogP contribution is 2.57. The number of benzene rings is 4. The molecule has 0 aliphatic carbocycles. The Morgan fingerprint density at radius 2 is 1.80 bits per heavy atom. The summed E-state index contributed by atoms with van der Waals surface area (Å²) < 4.78 is 75.7. The van der Waals surface area contributed by atoms with Crippen LogP contribution in [0.5, 0.6) is 5.75 Å². The molecule has 1 aromatic heterocycles. The normalized spacial score (nSPS) is 19.5. The van der Waals surface area contributed by atoms with Crippen LogP contribution in [0.4, 0.5) is 23.2 Å². The first kappa shape index (κ1) is 31.1. The Kier molecular flexibility index (Phi) is 7.97. The average Bonchev–Trinajstić information content (AvgIpc) is 3.45. The number of aryl methyl sites for hydroxylation is 1. The number of esters is 1. The fourth-order valence-electron chi connectivity index (χ4n) is 6.00. The van der Waals surface area contributed by atoms with E-state index in [0.29, 0.717) is 27.8 Å². The summed E-state index contributed by atoms with van der Waals surface area (Å²) in [7, 11) is 1.37. The van der Waals surface area contributed by atoms with Crippen LogP contribution in [0.3, 0.4) is 0 Å². The van der Waals surface area contributed by atoms with Gasteiger partial charge in [-0.2, -0.15) is 18.3 Å². The lowest BCUT2D eigenvalue weighted by molar-refractivity contribution is -0.380. The average molecular weight is 634 g/mol. The van der Waals surface area contributed by atoms with Gasteiger partial charge in [-0.15, -0.1) is 0 Å². The Labute approximate surface area is 262 Å². The van der Waals surface area contributed by atoms with Gasteiger partial charge in [-0.05, 0) is 73.5 Å². The van der Waals surface area contributed by atoms with Gasteiger partial charge >= 0.3 is 12.1 Å². The number of hydrogen-bond acceptors (Lipinski definition) is 6. The van der Waals surface area contributed by atoms with E-state index in [1.165, 1.54) is 26.2 Å². The van der Waals surface area contributed by atoms with Gasteiger partial charge in [-0.25, -0.2) is 13.9 Å². The number of alkyl halides is 3. The molecule has 0 amide bonds. The van der Waals surface area contributed by atoms with Gasteiger partial charge in [0.25, 0.3) is 0 Å². The summed E-state index contributed by atoms with van der Waals surface area (Å²) in [5, 5.41) is 8.03. The Bertz CT molecular complexity index is 1900. The van der Waals surface area contributed by atoms with Gasteiger partial charge < -0.3 is 19.5 Å². The van der Waals surface area contributed by atoms with Gasteiger partial charge in [-0.3, -0.25) is 0 Å². The fourth-order valence-corrected chi connectivity index (χ4v) is 6.00. The van der Waals surface area contributed by atoms with Crippen LogP contribution < -0.4 is 10.1 Å². The summed E-state index contributed by atoms with van der Waals surface area (Å²) in [5.74, 6) is -0.854. The number of nitrogens with zero attached hydrogens (tertiary/aromatic N) is 2. The van der Waals surface area contributed by atoms with Crippen LogP contribution in [0.1, 0.15) is 40.4 Å². The summed E-state index contributed by atoms with van der Waals surface area (Å²) in [6.45, 7) is 2.86. The minimum atomic E-state index is -4.72. The van der Waals surface area contributed by atoms with Crippen molar-refractivity contribution in [1.29, 1.82) is 0 Å². The maximum absolute atomic E-state index is 14.5. The predicted octanol–water partition coefficient (Wildman–Crippen LogP) is 7.89. The van der Waals surface area contributed by atoms with Crippen molar-refractivity contribution in [3.8, 4) is 11.4 Å². The molecular formula is C35H31F4N3O4. The number of anilines is 1. The largest absolute Gasteiger partial charge is 0.496 e. The summed E-state index contributed by atoms with van der Waals surface area (Å²) in [4.78, 5) is 12.8. The Morgan fingerprint density at radius 1 is 1.04 bits per heavy atom. The molecule has 46 heavy (non-hydrogen) atoms. The van der Waals surface area contributed by atoms with Crippen molar-refractivity contribution >= 4 is 22.6 Å². The van der Waals surface area contributed by atoms with E-state index in [2.05, 4.69) is 10.4 Å². The van der Waals surface area contributed by atoms with Gasteiger partial charge in [0.1, 0.15) is 18.2 Å². The molecule has 0 bridgehead atoms. The lowest BCUT2D eigenvalue weighted by atomic mass is 9.75. The zero-order chi connectivity index (χ0) is 32.7. The van der Waals surface area contributed by atoms with Crippen molar-refractivity contribution in [1.82, 2.24) is 9.78 Å². The number of halogens is 4. The highest BCUT2D eigenvalue weighted by Gasteiger charge is 2.68. The highest BCUT2D eigenvalue weighted by molar-refractivity contribution is 5.94. The predicted molar refractivity (Wildman–Crippen MR) is 165 cm³/mol. The third-order valence-corrected chi connectivity index (χ3v) is 8.23. The van der Waals surface area contributed by atoms with Gasteiger partial charge in [-0.1, -0.05) is 36.4 Å². The second kappa shape index (κ2) is 11.8. The number of ether oxygens (including phenoxy) is 3. The number of hydrogen-bond donors (Lipinski definition) is 1.